The van der Waals surface area contributed by atoms with Gasteiger partial charge in [-0.1, -0.05) is 29.8 Å². The van der Waals surface area contributed by atoms with Gasteiger partial charge in [-0.25, -0.2) is 4.98 Å². The van der Waals surface area contributed by atoms with Gasteiger partial charge < -0.3 is 14.4 Å². The molecule has 1 atom stereocenters. The summed E-state index contributed by atoms with van der Waals surface area (Å²) in [6.45, 7) is 2.42. The lowest BCUT2D eigenvalue weighted by Gasteiger charge is -2.34. The minimum Gasteiger partial charge on any atom is -0.486 e. The fourth-order valence-corrected chi connectivity index (χ4v) is 3.92. The molecule has 0 saturated carbocycles. The standard InChI is InChI=1S/C23H23N3O4S/c1-15-8-10-16(11-9-15)29-13-21-24-17(14-31-21)22(27)26-12-20(23(28)25(2)3)30-19-7-5-4-6-18(19)26/h4-11,14,20H,12-13H2,1-3H3. The predicted molar refractivity (Wildman–Crippen MR) is 119 cm³/mol. The van der Waals surface area contributed by atoms with Crippen LogP contribution in [0.4, 0.5) is 5.69 Å². The van der Waals surface area contributed by atoms with Gasteiger partial charge in [0.1, 0.15) is 28.8 Å². The van der Waals surface area contributed by atoms with Crippen LogP contribution in [-0.2, 0) is 11.4 Å². The number of hydrogen-bond acceptors (Lipinski definition) is 6. The molecule has 7 nitrogen and oxygen atoms in total. The van der Waals surface area contributed by atoms with Crippen LogP contribution in [0.15, 0.2) is 53.9 Å². The van der Waals surface area contributed by atoms with E-state index < -0.39 is 6.10 Å². The molecule has 1 aliphatic heterocycles. The van der Waals surface area contributed by atoms with Crippen LogP contribution in [0.5, 0.6) is 11.5 Å². The monoisotopic (exact) mass is 437 g/mol. The van der Waals surface area contributed by atoms with Crippen LogP contribution in [0.25, 0.3) is 0 Å². The molecule has 0 N–H and O–H groups in total. The molecular weight excluding hydrogens is 414 g/mol. The Balaban J connectivity index is 1.51. The van der Waals surface area contributed by atoms with Crippen molar-refractivity contribution in [2.24, 2.45) is 0 Å². The van der Waals surface area contributed by atoms with Gasteiger partial charge in [0.25, 0.3) is 11.8 Å². The maximum atomic E-state index is 13.3. The molecule has 8 heteroatoms. The van der Waals surface area contributed by atoms with Crippen molar-refractivity contribution in [3.05, 3.63) is 70.2 Å². The summed E-state index contributed by atoms with van der Waals surface area (Å²) >= 11 is 1.37. The van der Waals surface area contributed by atoms with E-state index >= 15 is 0 Å². The zero-order chi connectivity index (χ0) is 22.0. The van der Waals surface area contributed by atoms with Crippen molar-refractivity contribution in [3.8, 4) is 11.5 Å². The van der Waals surface area contributed by atoms with Gasteiger partial charge in [-0.3, -0.25) is 14.5 Å². The summed E-state index contributed by atoms with van der Waals surface area (Å²) in [4.78, 5) is 33.2. The molecule has 31 heavy (non-hydrogen) atoms. The zero-order valence-corrected chi connectivity index (χ0v) is 18.4. The molecule has 3 aromatic rings. The van der Waals surface area contributed by atoms with Gasteiger partial charge >= 0.3 is 0 Å². The molecule has 4 rings (SSSR count). The molecule has 1 unspecified atom stereocenters. The molecule has 0 fully saturated rings. The summed E-state index contributed by atoms with van der Waals surface area (Å²) in [5, 5.41) is 2.42. The molecule has 160 valence electrons. The van der Waals surface area contributed by atoms with Gasteiger partial charge in [-0.15, -0.1) is 11.3 Å². The highest BCUT2D eigenvalue weighted by molar-refractivity contribution is 7.09. The predicted octanol–water partition coefficient (Wildman–Crippen LogP) is 3.53. The Hall–Kier alpha value is -3.39. The summed E-state index contributed by atoms with van der Waals surface area (Å²) in [5.74, 6) is 0.782. The van der Waals surface area contributed by atoms with Crippen LogP contribution in [0, 0.1) is 6.92 Å². The van der Waals surface area contributed by atoms with Crippen molar-refractivity contribution in [1.82, 2.24) is 9.88 Å². The number of para-hydroxylation sites is 2. The average molecular weight is 438 g/mol. The lowest BCUT2D eigenvalue weighted by Crippen LogP contribution is -2.50. The van der Waals surface area contributed by atoms with Crippen molar-refractivity contribution in [1.29, 1.82) is 0 Å². The molecule has 2 amide bonds. The second kappa shape index (κ2) is 8.77. The minimum atomic E-state index is -0.767. The second-order valence-electron chi connectivity index (χ2n) is 7.45. The van der Waals surface area contributed by atoms with E-state index in [9.17, 15) is 9.59 Å². The maximum absolute atomic E-state index is 13.3. The fraction of sp³-hybridized carbons (Fsp3) is 0.261. The third kappa shape index (κ3) is 4.54. The molecule has 1 aliphatic rings. The van der Waals surface area contributed by atoms with Crippen LogP contribution >= 0.6 is 11.3 Å². The van der Waals surface area contributed by atoms with E-state index in [2.05, 4.69) is 4.98 Å². The van der Waals surface area contributed by atoms with Crippen LogP contribution < -0.4 is 14.4 Å². The van der Waals surface area contributed by atoms with Crippen molar-refractivity contribution < 1.29 is 19.1 Å². The number of likely N-dealkylation sites (N-methyl/N-ethyl adjacent to an activating group) is 1. The Kier molecular flexibility index (Phi) is 5.90. The minimum absolute atomic E-state index is 0.125. The van der Waals surface area contributed by atoms with Crippen molar-refractivity contribution in [2.45, 2.75) is 19.6 Å². The number of thiazole rings is 1. The summed E-state index contributed by atoms with van der Waals surface area (Å²) < 4.78 is 11.6. The summed E-state index contributed by atoms with van der Waals surface area (Å²) in [6, 6.07) is 15.0. The third-order valence-electron chi connectivity index (χ3n) is 4.89. The molecule has 0 bridgehead atoms. The fourth-order valence-electron chi connectivity index (χ4n) is 3.24. The topological polar surface area (TPSA) is 72.0 Å². The first-order valence-electron chi connectivity index (χ1n) is 9.85. The first-order valence-corrected chi connectivity index (χ1v) is 10.7. The number of aryl methyl sites for hydroxylation is 1. The van der Waals surface area contributed by atoms with Gasteiger partial charge in [0, 0.05) is 19.5 Å². The number of amides is 2. The third-order valence-corrected chi connectivity index (χ3v) is 5.71. The van der Waals surface area contributed by atoms with Gasteiger partial charge in [0.15, 0.2) is 6.10 Å². The number of anilines is 1. The Morgan fingerprint density at radius 2 is 1.94 bits per heavy atom. The normalized spacial score (nSPS) is 15.1. The number of hydrogen-bond donors (Lipinski definition) is 0. The molecule has 1 aromatic heterocycles. The smallest absolute Gasteiger partial charge is 0.278 e. The molecule has 0 aliphatic carbocycles. The molecular formula is C23H23N3O4S. The highest BCUT2D eigenvalue weighted by atomic mass is 32.1. The van der Waals surface area contributed by atoms with Crippen molar-refractivity contribution >= 4 is 28.8 Å². The number of carbonyl (C=O) groups is 2. The number of ether oxygens (including phenoxy) is 2. The average Bonchev–Trinajstić information content (AvgIpc) is 3.26. The van der Waals surface area contributed by atoms with Crippen molar-refractivity contribution in [3.63, 3.8) is 0 Å². The van der Waals surface area contributed by atoms with E-state index in [-0.39, 0.29) is 25.0 Å². The largest absolute Gasteiger partial charge is 0.486 e. The summed E-state index contributed by atoms with van der Waals surface area (Å²) in [6.07, 6.45) is -0.767. The van der Waals surface area contributed by atoms with E-state index in [1.807, 2.05) is 43.3 Å². The summed E-state index contributed by atoms with van der Waals surface area (Å²) in [5.41, 5.74) is 2.10. The number of carbonyl (C=O) groups excluding carboxylic acids is 2. The molecule has 0 radical (unpaired) electrons. The van der Waals surface area contributed by atoms with E-state index in [4.69, 9.17) is 9.47 Å². The van der Waals surface area contributed by atoms with Crippen LogP contribution in [-0.4, -0.2) is 48.4 Å². The van der Waals surface area contributed by atoms with E-state index in [1.165, 1.54) is 16.2 Å². The Morgan fingerprint density at radius 3 is 2.68 bits per heavy atom. The lowest BCUT2D eigenvalue weighted by molar-refractivity contribution is -0.135. The zero-order valence-electron chi connectivity index (χ0n) is 17.6. The van der Waals surface area contributed by atoms with Crippen LogP contribution in [0.1, 0.15) is 21.1 Å². The van der Waals surface area contributed by atoms with Gasteiger partial charge in [0.05, 0.1) is 12.2 Å². The first-order chi connectivity index (χ1) is 14.9. The van der Waals surface area contributed by atoms with Gasteiger partial charge in [-0.2, -0.15) is 0 Å². The lowest BCUT2D eigenvalue weighted by atomic mass is 10.1. The second-order valence-corrected chi connectivity index (χ2v) is 8.39. The maximum Gasteiger partial charge on any atom is 0.278 e. The number of rotatable bonds is 5. The van der Waals surface area contributed by atoms with E-state index in [0.29, 0.717) is 22.1 Å². The highest BCUT2D eigenvalue weighted by Crippen LogP contribution is 2.34. The van der Waals surface area contributed by atoms with Gasteiger partial charge in [-0.05, 0) is 31.2 Å². The van der Waals surface area contributed by atoms with E-state index in [1.54, 1.807) is 36.5 Å². The van der Waals surface area contributed by atoms with Crippen LogP contribution in [0.2, 0.25) is 0 Å². The number of benzene rings is 2. The Bertz CT molecular complexity index is 1090. The Morgan fingerprint density at radius 1 is 1.19 bits per heavy atom. The molecule has 0 spiro atoms. The number of fused-ring (bicyclic) bond motifs is 1. The SMILES string of the molecule is Cc1ccc(OCc2nc(C(=O)N3CC(C(=O)N(C)C)Oc4ccccc43)cs2)cc1. The van der Waals surface area contributed by atoms with Crippen molar-refractivity contribution in [2.75, 3.05) is 25.5 Å². The van der Waals surface area contributed by atoms with Crippen LogP contribution in [0.3, 0.4) is 0 Å². The molecule has 2 aromatic carbocycles. The molecule has 2 heterocycles. The first kappa shape index (κ1) is 20.9. The molecule has 0 saturated heterocycles. The number of nitrogens with zero attached hydrogens (tertiary/aromatic N) is 3. The van der Waals surface area contributed by atoms with E-state index in [0.717, 1.165) is 11.3 Å². The Labute approximate surface area is 184 Å². The number of aromatic nitrogens is 1. The quantitative estimate of drug-likeness (QED) is 0.611. The highest BCUT2D eigenvalue weighted by Gasteiger charge is 2.35. The summed E-state index contributed by atoms with van der Waals surface area (Å²) in [7, 11) is 3.33. The van der Waals surface area contributed by atoms with Gasteiger partial charge in [0.2, 0.25) is 0 Å².